The molecule has 0 amide bonds. The number of nitrogens with zero attached hydrogens (tertiary/aromatic N) is 2. The van der Waals surface area contributed by atoms with Crippen LogP contribution in [0.5, 0.6) is 0 Å². The van der Waals surface area contributed by atoms with Crippen molar-refractivity contribution in [3.05, 3.63) is 35.4 Å². The van der Waals surface area contributed by atoms with Crippen LogP contribution in [0.4, 0.5) is 0 Å². The van der Waals surface area contributed by atoms with Crippen LogP contribution < -0.4 is 0 Å². The molecule has 2 rings (SSSR count). The molecule has 1 aromatic carbocycles. The Balaban J connectivity index is 2.29. The van der Waals surface area contributed by atoms with Gasteiger partial charge in [-0.05, 0) is 30.7 Å². The SMILES string of the molecule is CC1(c2ccc(C(=O)Cl)cc2)N=N1. The van der Waals surface area contributed by atoms with E-state index in [4.69, 9.17) is 11.6 Å². The maximum atomic E-state index is 10.7. The summed E-state index contributed by atoms with van der Waals surface area (Å²) in [4.78, 5) is 10.7. The maximum absolute atomic E-state index is 10.7. The standard InChI is InChI=1S/C9H7ClN2O/c1-9(11-12-9)7-4-2-6(3-5-7)8(10)13/h2-5H,1H3. The summed E-state index contributed by atoms with van der Waals surface area (Å²) in [5, 5.41) is 7.33. The van der Waals surface area contributed by atoms with E-state index in [0.717, 1.165) is 5.56 Å². The van der Waals surface area contributed by atoms with Gasteiger partial charge in [-0.15, -0.1) is 0 Å². The van der Waals surface area contributed by atoms with Crippen LogP contribution in [0.15, 0.2) is 34.5 Å². The molecule has 0 N–H and O–H groups in total. The first-order valence-electron chi connectivity index (χ1n) is 3.86. The summed E-state index contributed by atoms with van der Waals surface area (Å²) in [7, 11) is 0. The molecule has 0 aliphatic carbocycles. The van der Waals surface area contributed by atoms with Crippen molar-refractivity contribution in [1.82, 2.24) is 0 Å². The third-order valence-corrected chi connectivity index (χ3v) is 2.28. The number of halogens is 1. The van der Waals surface area contributed by atoms with Crippen LogP contribution in [0.25, 0.3) is 0 Å². The number of carbonyl (C=O) groups is 1. The van der Waals surface area contributed by atoms with Crippen LogP contribution in [0.3, 0.4) is 0 Å². The molecule has 0 saturated carbocycles. The number of hydrogen-bond donors (Lipinski definition) is 0. The lowest BCUT2D eigenvalue weighted by Crippen LogP contribution is -2.01. The number of hydrogen-bond acceptors (Lipinski definition) is 3. The third kappa shape index (κ3) is 1.47. The van der Waals surface area contributed by atoms with Gasteiger partial charge in [-0.1, -0.05) is 12.1 Å². The fraction of sp³-hybridized carbons (Fsp3) is 0.222. The molecule has 0 atom stereocenters. The van der Waals surface area contributed by atoms with Gasteiger partial charge in [-0.2, -0.15) is 10.2 Å². The van der Waals surface area contributed by atoms with E-state index in [1.54, 1.807) is 12.1 Å². The zero-order chi connectivity index (χ0) is 9.47. The maximum Gasteiger partial charge on any atom is 0.252 e. The fourth-order valence-electron chi connectivity index (χ4n) is 1.11. The molecular formula is C9H7ClN2O. The van der Waals surface area contributed by atoms with E-state index in [0.29, 0.717) is 5.56 Å². The van der Waals surface area contributed by atoms with E-state index in [-0.39, 0.29) is 5.66 Å². The van der Waals surface area contributed by atoms with Gasteiger partial charge in [0.2, 0.25) is 5.66 Å². The van der Waals surface area contributed by atoms with E-state index in [1.165, 1.54) is 0 Å². The highest BCUT2D eigenvalue weighted by Gasteiger charge is 2.35. The summed E-state index contributed by atoms with van der Waals surface area (Å²) in [6.45, 7) is 1.91. The predicted molar refractivity (Wildman–Crippen MR) is 48.8 cm³/mol. The fourth-order valence-corrected chi connectivity index (χ4v) is 1.23. The quantitative estimate of drug-likeness (QED) is 0.668. The Kier molecular flexibility index (Phi) is 1.70. The highest BCUT2D eigenvalue weighted by Crippen LogP contribution is 2.38. The van der Waals surface area contributed by atoms with Crippen molar-refractivity contribution in [3.8, 4) is 0 Å². The Morgan fingerprint density at radius 1 is 1.31 bits per heavy atom. The molecule has 0 spiro atoms. The second kappa shape index (κ2) is 2.64. The second-order valence-electron chi connectivity index (χ2n) is 3.07. The number of benzene rings is 1. The van der Waals surface area contributed by atoms with Gasteiger partial charge in [0, 0.05) is 11.1 Å². The number of rotatable bonds is 2. The van der Waals surface area contributed by atoms with E-state index in [2.05, 4.69) is 10.2 Å². The molecule has 13 heavy (non-hydrogen) atoms. The lowest BCUT2D eigenvalue weighted by Gasteiger charge is -2.03. The summed E-state index contributed by atoms with van der Waals surface area (Å²) in [6.07, 6.45) is 0. The minimum absolute atomic E-state index is 0.381. The summed E-state index contributed by atoms with van der Waals surface area (Å²) in [6, 6.07) is 6.99. The van der Waals surface area contributed by atoms with Crippen molar-refractivity contribution in [2.24, 2.45) is 10.2 Å². The average Bonchev–Trinajstić information content (AvgIpc) is 2.85. The van der Waals surface area contributed by atoms with Gasteiger partial charge in [0.25, 0.3) is 5.24 Å². The lowest BCUT2D eigenvalue weighted by atomic mass is 10.0. The molecule has 0 aromatic heterocycles. The zero-order valence-corrected chi connectivity index (χ0v) is 7.75. The van der Waals surface area contributed by atoms with E-state index in [9.17, 15) is 4.79 Å². The topological polar surface area (TPSA) is 41.8 Å². The summed E-state index contributed by atoms with van der Waals surface area (Å²) >= 11 is 5.30. The molecular weight excluding hydrogens is 188 g/mol. The van der Waals surface area contributed by atoms with Gasteiger partial charge in [0.15, 0.2) is 0 Å². The molecule has 0 fully saturated rings. The Labute approximate surface area is 80.4 Å². The normalized spacial score (nSPS) is 17.1. The van der Waals surface area contributed by atoms with Crippen LogP contribution in [-0.2, 0) is 5.66 Å². The molecule has 66 valence electrons. The summed E-state index contributed by atoms with van der Waals surface area (Å²) in [5.74, 6) is 0. The molecule has 3 nitrogen and oxygen atoms in total. The smallest absolute Gasteiger partial charge is 0.252 e. The molecule has 0 unspecified atom stereocenters. The van der Waals surface area contributed by atoms with E-state index in [1.807, 2.05) is 19.1 Å². The Hall–Kier alpha value is -1.22. The average molecular weight is 195 g/mol. The zero-order valence-electron chi connectivity index (χ0n) is 6.99. The molecule has 1 heterocycles. The Morgan fingerprint density at radius 2 is 1.85 bits per heavy atom. The minimum Gasteiger partial charge on any atom is -0.276 e. The summed E-state index contributed by atoms with van der Waals surface area (Å²) in [5.41, 5.74) is 1.09. The van der Waals surface area contributed by atoms with Crippen LogP contribution in [-0.4, -0.2) is 5.24 Å². The van der Waals surface area contributed by atoms with Gasteiger partial charge in [-0.3, -0.25) is 4.79 Å². The van der Waals surface area contributed by atoms with Crippen molar-refractivity contribution in [3.63, 3.8) is 0 Å². The molecule has 1 aromatic rings. The number of carbonyl (C=O) groups excluding carboxylic acids is 1. The van der Waals surface area contributed by atoms with E-state index >= 15 is 0 Å². The molecule has 0 radical (unpaired) electrons. The second-order valence-corrected chi connectivity index (χ2v) is 3.42. The van der Waals surface area contributed by atoms with Crippen molar-refractivity contribution in [2.45, 2.75) is 12.6 Å². The minimum atomic E-state index is -0.443. The molecule has 0 saturated heterocycles. The van der Waals surface area contributed by atoms with Gasteiger partial charge in [-0.25, -0.2) is 0 Å². The first kappa shape index (κ1) is 8.38. The van der Waals surface area contributed by atoms with Crippen molar-refractivity contribution >= 4 is 16.8 Å². The van der Waals surface area contributed by atoms with Gasteiger partial charge >= 0.3 is 0 Å². The van der Waals surface area contributed by atoms with Crippen molar-refractivity contribution < 1.29 is 4.79 Å². The van der Waals surface area contributed by atoms with Crippen LogP contribution in [0, 0.1) is 0 Å². The highest BCUT2D eigenvalue weighted by atomic mass is 35.5. The first-order chi connectivity index (χ1) is 6.12. The third-order valence-electron chi connectivity index (χ3n) is 2.06. The predicted octanol–water partition coefficient (Wildman–Crippen LogP) is 2.70. The lowest BCUT2D eigenvalue weighted by molar-refractivity contribution is 0.108. The molecule has 1 aliphatic heterocycles. The summed E-state index contributed by atoms with van der Waals surface area (Å²) < 4.78 is 0. The Morgan fingerprint density at radius 3 is 2.23 bits per heavy atom. The molecule has 4 heteroatoms. The van der Waals surface area contributed by atoms with Gasteiger partial charge in [0.1, 0.15) is 0 Å². The van der Waals surface area contributed by atoms with Crippen LogP contribution in [0.2, 0.25) is 0 Å². The molecule has 1 aliphatic rings. The largest absolute Gasteiger partial charge is 0.276 e. The Bertz CT molecular complexity index is 377. The van der Waals surface area contributed by atoms with Crippen LogP contribution in [0.1, 0.15) is 22.8 Å². The van der Waals surface area contributed by atoms with Crippen molar-refractivity contribution in [1.29, 1.82) is 0 Å². The first-order valence-corrected chi connectivity index (χ1v) is 4.24. The van der Waals surface area contributed by atoms with E-state index < -0.39 is 5.24 Å². The molecule has 0 bridgehead atoms. The monoisotopic (exact) mass is 194 g/mol. The van der Waals surface area contributed by atoms with Crippen LogP contribution >= 0.6 is 11.6 Å². The van der Waals surface area contributed by atoms with Gasteiger partial charge in [0.05, 0.1) is 0 Å². The van der Waals surface area contributed by atoms with Gasteiger partial charge < -0.3 is 0 Å². The highest BCUT2D eigenvalue weighted by molar-refractivity contribution is 6.67. The van der Waals surface area contributed by atoms with Crippen molar-refractivity contribution in [2.75, 3.05) is 0 Å².